The number of benzene rings is 2. The topological polar surface area (TPSA) is 30.7 Å². The van der Waals surface area contributed by atoms with E-state index in [1.165, 1.54) is 29.5 Å². The van der Waals surface area contributed by atoms with Gasteiger partial charge in [0.2, 0.25) is 0 Å². The molecule has 0 saturated carbocycles. The molecule has 170 valence electrons. The Morgan fingerprint density at radius 3 is 2.06 bits per heavy atom. The van der Waals surface area contributed by atoms with Gasteiger partial charge in [-0.3, -0.25) is 9.55 Å². The maximum atomic E-state index is 13.3. The van der Waals surface area contributed by atoms with Crippen LogP contribution >= 0.6 is 11.6 Å². The predicted molar refractivity (Wildman–Crippen MR) is 112 cm³/mol. The first kappa shape index (κ1) is 22.8. The Labute approximate surface area is 189 Å². The quantitative estimate of drug-likeness (QED) is 0.282. The summed E-state index contributed by atoms with van der Waals surface area (Å²) < 4.78 is 81.5. The highest BCUT2D eigenvalue weighted by Crippen LogP contribution is 2.39. The van der Waals surface area contributed by atoms with Gasteiger partial charge in [0.05, 0.1) is 41.2 Å². The number of alkyl halides is 6. The first-order chi connectivity index (χ1) is 15.4. The SMILES string of the molecule is Cc1ccc(-c2ccncc2-n2cncc2-c2cc(C(F)(F)F)cc(C(F)(F)F)c2)cc1Cl. The Hall–Kier alpha value is -3.33. The fourth-order valence-electron chi connectivity index (χ4n) is 3.39. The molecule has 2 aromatic heterocycles. The van der Waals surface area contributed by atoms with E-state index >= 15 is 0 Å². The summed E-state index contributed by atoms with van der Waals surface area (Å²) in [6, 6.07) is 8.44. The van der Waals surface area contributed by atoms with Crippen molar-refractivity contribution < 1.29 is 26.3 Å². The molecule has 0 bridgehead atoms. The zero-order valence-corrected chi connectivity index (χ0v) is 17.6. The van der Waals surface area contributed by atoms with E-state index in [2.05, 4.69) is 9.97 Å². The molecule has 0 amide bonds. The molecule has 10 heteroatoms. The Morgan fingerprint density at radius 2 is 1.45 bits per heavy atom. The van der Waals surface area contributed by atoms with E-state index in [1.54, 1.807) is 18.2 Å². The lowest BCUT2D eigenvalue weighted by Gasteiger charge is -2.17. The number of rotatable bonds is 3. The summed E-state index contributed by atoms with van der Waals surface area (Å²) in [5, 5.41) is 0.508. The van der Waals surface area contributed by atoms with Crippen LogP contribution in [0.3, 0.4) is 0 Å². The van der Waals surface area contributed by atoms with Gasteiger partial charge in [0.25, 0.3) is 0 Å². The number of hydrogen-bond acceptors (Lipinski definition) is 2. The molecule has 0 spiro atoms. The summed E-state index contributed by atoms with van der Waals surface area (Å²) in [6.45, 7) is 1.83. The second kappa shape index (κ2) is 8.22. The summed E-state index contributed by atoms with van der Waals surface area (Å²) in [5.74, 6) is 0. The number of pyridine rings is 1. The van der Waals surface area contributed by atoms with Crippen molar-refractivity contribution >= 4 is 11.6 Å². The van der Waals surface area contributed by atoms with Crippen LogP contribution < -0.4 is 0 Å². The fraction of sp³-hybridized carbons (Fsp3) is 0.130. The maximum Gasteiger partial charge on any atom is 0.416 e. The molecular formula is C23H14ClF6N3. The fourth-order valence-corrected chi connectivity index (χ4v) is 3.57. The van der Waals surface area contributed by atoms with Gasteiger partial charge in [0, 0.05) is 22.3 Å². The van der Waals surface area contributed by atoms with E-state index in [9.17, 15) is 26.3 Å². The minimum absolute atomic E-state index is 0.0408. The van der Waals surface area contributed by atoms with E-state index in [0.717, 1.165) is 5.56 Å². The van der Waals surface area contributed by atoms with E-state index in [4.69, 9.17) is 11.6 Å². The summed E-state index contributed by atoms with van der Waals surface area (Å²) in [7, 11) is 0. The number of aryl methyl sites for hydroxylation is 1. The second-order valence-corrected chi connectivity index (χ2v) is 7.71. The van der Waals surface area contributed by atoms with Gasteiger partial charge in [-0.15, -0.1) is 0 Å². The molecule has 0 aliphatic carbocycles. The number of hydrogen-bond donors (Lipinski definition) is 0. The van der Waals surface area contributed by atoms with Gasteiger partial charge in [-0.05, 0) is 48.4 Å². The molecule has 0 aliphatic heterocycles. The molecule has 33 heavy (non-hydrogen) atoms. The van der Waals surface area contributed by atoms with Crippen LogP contribution in [0.2, 0.25) is 5.02 Å². The smallest absolute Gasteiger partial charge is 0.297 e. The summed E-state index contributed by atoms with van der Waals surface area (Å²) in [6.07, 6.45) is -4.44. The summed E-state index contributed by atoms with van der Waals surface area (Å²) in [4.78, 5) is 8.05. The molecule has 0 saturated heterocycles. The lowest BCUT2D eigenvalue weighted by atomic mass is 10.0. The van der Waals surface area contributed by atoms with Crippen LogP contribution in [-0.4, -0.2) is 14.5 Å². The molecule has 0 N–H and O–H groups in total. The third kappa shape index (κ3) is 4.59. The Morgan fingerprint density at radius 1 is 0.788 bits per heavy atom. The Kier molecular flexibility index (Phi) is 5.69. The molecule has 0 unspecified atom stereocenters. The monoisotopic (exact) mass is 481 g/mol. The van der Waals surface area contributed by atoms with Crippen LogP contribution in [0.1, 0.15) is 16.7 Å². The number of aromatic nitrogens is 3. The highest BCUT2D eigenvalue weighted by molar-refractivity contribution is 6.31. The number of halogens is 7. The zero-order valence-electron chi connectivity index (χ0n) is 16.8. The molecule has 3 nitrogen and oxygen atoms in total. The lowest BCUT2D eigenvalue weighted by Crippen LogP contribution is -2.11. The normalized spacial score (nSPS) is 12.2. The number of imidazole rings is 1. The molecule has 0 aliphatic rings. The van der Waals surface area contributed by atoms with E-state index in [1.807, 2.05) is 13.0 Å². The predicted octanol–water partition coefficient (Wildman–Crippen LogP) is 7.60. The summed E-state index contributed by atoms with van der Waals surface area (Å²) >= 11 is 6.24. The standard InChI is InChI=1S/C23H14ClF6N3/c1-13-2-3-14(8-19(13)24)18-4-5-31-11-21(18)33-12-32-10-20(33)15-6-16(22(25,26)27)9-17(7-15)23(28,29)30/h2-12H,1H3. The lowest BCUT2D eigenvalue weighted by molar-refractivity contribution is -0.143. The van der Waals surface area contributed by atoms with Crippen molar-refractivity contribution in [1.29, 1.82) is 0 Å². The largest absolute Gasteiger partial charge is 0.416 e. The van der Waals surface area contributed by atoms with Crippen molar-refractivity contribution in [2.75, 3.05) is 0 Å². The van der Waals surface area contributed by atoms with E-state index in [0.29, 0.717) is 34.0 Å². The van der Waals surface area contributed by atoms with Crippen molar-refractivity contribution in [2.45, 2.75) is 19.3 Å². The molecule has 0 fully saturated rings. The van der Waals surface area contributed by atoms with Crippen LogP contribution in [0.5, 0.6) is 0 Å². The Bertz CT molecular complexity index is 1290. The second-order valence-electron chi connectivity index (χ2n) is 7.30. The van der Waals surface area contributed by atoms with Gasteiger partial charge in [0.1, 0.15) is 0 Å². The minimum Gasteiger partial charge on any atom is -0.297 e. The van der Waals surface area contributed by atoms with Crippen LogP contribution in [-0.2, 0) is 12.4 Å². The van der Waals surface area contributed by atoms with Crippen LogP contribution in [0.4, 0.5) is 26.3 Å². The molecule has 2 aromatic carbocycles. The third-order valence-electron chi connectivity index (χ3n) is 5.06. The van der Waals surface area contributed by atoms with Gasteiger partial charge in [-0.25, -0.2) is 4.98 Å². The van der Waals surface area contributed by atoms with Crippen molar-refractivity contribution in [3.63, 3.8) is 0 Å². The highest BCUT2D eigenvalue weighted by Gasteiger charge is 2.37. The van der Waals surface area contributed by atoms with Gasteiger partial charge < -0.3 is 0 Å². The summed E-state index contributed by atoms with van der Waals surface area (Å²) in [5.41, 5.74) is -0.477. The van der Waals surface area contributed by atoms with Crippen molar-refractivity contribution in [3.8, 4) is 28.1 Å². The third-order valence-corrected chi connectivity index (χ3v) is 5.47. The zero-order chi connectivity index (χ0) is 24.0. The van der Waals surface area contributed by atoms with Gasteiger partial charge >= 0.3 is 12.4 Å². The van der Waals surface area contributed by atoms with Crippen LogP contribution in [0.15, 0.2) is 67.4 Å². The van der Waals surface area contributed by atoms with E-state index < -0.39 is 23.5 Å². The molecular weight excluding hydrogens is 468 g/mol. The number of nitrogens with zero attached hydrogens (tertiary/aromatic N) is 3. The minimum atomic E-state index is -4.96. The van der Waals surface area contributed by atoms with Crippen molar-refractivity contribution in [3.05, 3.63) is 89.1 Å². The highest BCUT2D eigenvalue weighted by atomic mass is 35.5. The van der Waals surface area contributed by atoms with Gasteiger partial charge in [0.15, 0.2) is 0 Å². The Balaban J connectivity index is 1.92. The molecule has 0 radical (unpaired) electrons. The van der Waals surface area contributed by atoms with Gasteiger partial charge in [-0.1, -0.05) is 23.7 Å². The molecule has 4 rings (SSSR count). The first-order valence-electron chi connectivity index (χ1n) is 9.48. The molecule has 2 heterocycles. The van der Waals surface area contributed by atoms with Crippen molar-refractivity contribution in [1.82, 2.24) is 14.5 Å². The van der Waals surface area contributed by atoms with Crippen LogP contribution in [0, 0.1) is 6.92 Å². The maximum absolute atomic E-state index is 13.3. The van der Waals surface area contributed by atoms with Crippen molar-refractivity contribution in [2.24, 2.45) is 0 Å². The van der Waals surface area contributed by atoms with Crippen LogP contribution in [0.25, 0.3) is 28.1 Å². The van der Waals surface area contributed by atoms with E-state index in [-0.39, 0.29) is 17.3 Å². The average molecular weight is 482 g/mol. The average Bonchev–Trinajstić information content (AvgIpc) is 3.24. The molecule has 0 atom stereocenters. The van der Waals surface area contributed by atoms with Gasteiger partial charge in [-0.2, -0.15) is 26.3 Å². The molecule has 4 aromatic rings. The first-order valence-corrected chi connectivity index (χ1v) is 9.86.